The number of nitrogens with zero attached hydrogens (tertiary/aromatic N) is 2. The lowest BCUT2D eigenvalue weighted by atomic mass is 9.86. The van der Waals surface area contributed by atoms with E-state index < -0.39 is 5.97 Å². The number of amides is 2. The minimum absolute atomic E-state index is 0.0441. The van der Waals surface area contributed by atoms with Crippen LogP contribution in [0.3, 0.4) is 0 Å². The fourth-order valence-electron chi connectivity index (χ4n) is 3.08. The third-order valence-electron chi connectivity index (χ3n) is 4.52. The lowest BCUT2D eigenvalue weighted by molar-refractivity contribution is -0.142. The third-order valence-corrected chi connectivity index (χ3v) is 4.52. The summed E-state index contributed by atoms with van der Waals surface area (Å²) in [6.45, 7) is 0.392. The minimum atomic E-state index is -0.738. The second kappa shape index (κ2) is 7.83. The van der Waals surface area contributed by atoms with E-state index in [1.165, 1.54) is 0 Å². The fourth-order valence-corrected chi connectivity index (χ4v) is 3.08. The average molecular weight is 342 g/mol. The smallest absolute Gasteiger partial charge is 0.315 e. The molecule has 1 saturated carbocycles. The van der Waals surface area contributed by atoms with Gasteiger partial charge in [-0.3, -0.25) is 4.79 Å². The van der Waals surface area contributed by atoms with Crippen LogP contribution in [0.4, 0.5) is 4.79 Å². The highest BCUT2D eigenvalue weighted by Gasteiger charge is 2.26. The maximum atomic E-state index is 12.0. The molecule has 0 unspecified atom stereocenters. The largest absolute Gasteiger partial charge is 0.481 e. The molecular weight excluding hydrogens is 320 g/mol. The summed E-state index contributed by atoms with van der Waals surface area (Å²) in [6, 6.07) is 9.58. The fraction of sp³-hybridized carbons (Fsp3) is 0.389. The molecule has 25 heavy (non-hydrogen) atoms. The summed E-state index contributed by atoms with van der Waals surface area (Å²) in [5.41, 5.74) is 1.88. The van der Waals surface area contributed by atoms with Gasteiger partial charge >= 0.3 is 12.0 Å². The number of carbonyl (C=O) groups excluding carboxylic acids is 1. The number of hydrogen-bond acceptors (Lipinski definition) is 3. The van der Waals surface area contributed by atoms with Crippen molar-refractivity contribution in [3.8, 4) is 5.69 Å². The zero-order chi connectivity index (χ0) is 17.6. The first kappa shape index (κ1) is 17.0. The first-order valence-corrected chi connectivity index (χ1v) is 8.48. The quantitative estimate of drug-likeness (QED) is 0.777. The van der Waals surface area contributed by atoms with Crippen molar-refractivity contribution in [1.82, 2.24) is 20.4 Å². The van der Waals surface area contributed by atoms with E-state index in [0.29, 0.717) is 32.2 Å². The summed E-state index contributed by atoms with van der Waals surface area (Å²) >= 11 is 0. The molecule has 0 aliphatic heterocycles. The Bertz CT molecular complexity index is 721. The molecule has 3 rings (SSSR count). The van der Waals surface area contributed by atoms with Crippen LogP contribution >= 0.6 is 0 Å². The summed E-state index contributed by atoms with van der Waals surface area (Å²) in [7, 11) is 0. The number of carbonyl (C=O) groups is 2. The number of aromatic nitrogens is 2. The molecule has 7 heteroatoms. The van der Waals surface area contributed by atoms with Crippen molar-refractivity contribution in [2.75, 3.05) is 0 Å². The van der Waals surface area contributed by atoms with Gasteiger partial charge in [0.2, 0.25) is 0 Å². The monoisotopic (exact) mass is 342 g/mol. The van der Waals surface area contributed by atoms with Crippen LogP contribution in [0.2, 0.25) is 0 Å². The van der Waals surface area contributed by atoms with Gasteiger partial charge in [-0.2, -0.15) is 5.10 Å². The zero-order valence-electron chi connectivity index (χ0n) is 13.9. The first-order chi connectivity index (χ1) is 12.1. The van der Waals surface area contributed by atoms with Crippen LogP contribution in [0.15, 0.2) is 42.7 Å². The molecule has 132 valence electrons. The Balaban J connectivity index is 1.44. The summed E-state index contributed by atoms with van der Waals surface area (Å²) in [5.74, 6) is -1.01. The lowest BCUT2D eigenvalue weighted by Gasteiger charge is -2.26. The summed E-state index contributed by atoms with van der Waals surface area (Å²) in [5, 5.41) is 19.0. The van der Waals surface area contributed by atoms with Crippen molar-refractivity contribution < 1.29 is 14.7 Å². The second-order valence-corrected chi connectivity index (χ2v) is 6.34. The van der Waals surface area contributed by atoms with Crippen LogP contribution in [-0.4, -0.2) is 32.9 Å². The van der Waals surface area contributed by atoms with E-state index in [1.807, 2.05) is 36.5 Å². The Kier molecular flexibility index (Phi) is 5.33. The van der Waals surface area contributed by atoms with Gasteiger partial charge in [0.05, 0.1) is 17.8 Å². The highest BCUT2D eigenvalue weighted by molar-refractivity contribution is 5.74. The van der Waals surface area contributed by atoms with Gasteiger partial charge in [0.1, 0.15) is 0 Å². The Morgan fingerprint density at radius 1 is 1.16 bits per heavy atom. The third kappa shape index (κ3) is 4.59. The number of benzene rings is 1. The molecule has 1 heterocycles. The van der Waals surface area contributed by atoms with E-state index in [0.717, 1.165) is 11.3 Å². The molecule has 1 aromatic heterocycles. The van der Waals surface area contributed by atoms with Crippen molar-refractivity contribution in [3.05, 3.63) is 48.3 Å². The summed E-state index contributed by atoms with van der Waals surface area (Å²) in [4.78, 5) is 23.0. The Hall–Kier alpha value is -2.83. The maximum Gasteiger partial charge on any atom is 0.315 e. The number of carboxylic acid groups (broad SMARTS) is 1. The molecule has 3 N–H and O–H groups in total. The van der Waals surface area contributed by atoms with Gasteiger partial charge in [-0.05, 0) is 37.8 Å². The van der Waals surface area contributed by atoms with E-state index in [9.17, 15) is 9.59 Å². The van der Waals surface area contributed by atoms with E-state index in [4.69, 9.17) is 5.11 Å². The number of nitrogens with one attached hydrogen (secondary N) is 2. The molecule has 1 aliphatic carbocycles. The molecule has 1 fully saturated rings. The molecule has 2 aromatic rings. The highest BCUT2D eigenvalue weighted by atomic mass is 16.4. The highest BCUT2D eigenvalue weighted by Crippen LogP contribution is 2.24. The van der Waals surface area contributed by atoms with Crippen molar-refractivity contribution >= 4 is 12.0 Å². The molecule has 7 nitrogen and oxygen atoms in total. The van der Waals surface area contributed by atoms with Crippen LogP contribution < -0.4 is 10.6 Å². The molecule has 0 radical (unpaired) electrons. The maximum absolute atomic E-state index is 12.0. The van der Waals surface area contributed by atoms with Crippen LogP contribution in [0, 0.1) is 5.92 Å². The van der Waals surface area contributed by atoms with Crippen molar-refractivity contribution in [2.24, 2.45) is 5.92 Å². The van der Waals surface area contributed by atoms with Crippen LogP contribution in [0.5, 0.6) is 0 Å². The number of hydrogen-bond donors (Lipinski definition) is 3. The van der Waals surface area contributed by atoms with Gasteiger partial charge in [0.15, 0.2) is 0 Å². The summed E-state index contributed by atoms with van der Waals surface area (Å²) in [6.07, 6.45) is 6.25. The van der Waals surface area contributed by atoms with Gasteiger partial charge < -0.3 is 15.7 Å². The molecule has 0 bridgehead atoms. The average Bonchev–Trinajstić information content (AvgIpc) is 3.10. The molecule has 2 amide bonds. The van der Waals surface area contributed by atoms with E-state index in [-0.39, 0.29) is 18.0 Å². The SMILES string of the molecule is O=C(NCc1cnn(-c2ccccc2)c1)NC1CCC(C(=O)O)CC1. The van der Waals surface area contributed by atoms with Crippen LogP contribution in [-0.2, 0) is 11.3 Å². The molecule has 1 aromatic carbocycles. The van der Waals surface area contributed by atoms with Gasteiger partial charge in [-0.15, -0.1) is 0 Å². The van der Waals surface area contributed by atoms with E-state index in [2.05, 4.69) is 15.7 Å². The van der Waals surface area contributed by atoms with Crippen LogP contribution in [0.25, 0.3) is 5.69 Å². The lowest BCUT2D eigenvalue weighted by Crippen LogP contribution is -2.43. The van der Waals surface area contributed by atoms with E-state index >= 15 is 0 Å². The van der Waals surface area contributed by atoms with Crippen molar-refractivity contribution in [1.29, 1.82) is 0 Å². The molecule has 0 spiro atoms. The van der Waals surface area contributed by atoms with Crippen molar-refractivity contribution in [2.45, 2.75) is 38.3 Å². The Labute approximate surface area is 146 Å². The first-order valence-electron chi connectivity index (χ1n) is 8.48. The van der Waals surface area contributed by atoms with Crippen molar-refractivity contribution in [3.63, 3.8) is 0 Å². The predicted octanol–water partition coefficient (Wildman–Crippen LogP) is 2.31. The minimum Gasteiger partial charge on any atom is -0.481 e. The number of para-hydroxylation sites is 1. The Morgan fingerprint density at radius 2 is 1.88 bits per heavy atom. The van der Waals surface area contributed by atoms with Gasteiger partial charge in [-0.1, -0.05) is 18.2 Å². The van der Waals surface area contributed by atoms with Gasteiger partial charge in [0.25, 0.3) is 0 Å². The number of urea groups is 1. The molecular formula is C18H22N4O3. The standard InChI is InChI=1S/C18H22N4O3/c23-17(24)14-6-8-15(9-7-14)21-18(25)19-10-13-11-20-22(12-13)16-4-2-1-3-5-16/h1-5,11-12,14-15H,6-10H2,(H,23,24)(H2,19,21,25). The second-order valence-electron chi connectivity index (χ2n) is 6.34. The summed E-state index contributed by atoms with van der Waals surface area (Å²) < 4.78 is 1.77. The number of aliphatic carboxylic acids is 1. The molecule has 0 saturated heterocycles. The number of carboxylic acids is 1. The topological polar surface area (TPSA) is 96.3 Å². The molecule has 0 atom stereocenters. The molecule has 1 aliphatic rings. The zero-order valence-corrected chi connectivity index (χ0v) is 13.9. The number of rotatable bonds is 5. The predicted molar refractivity (Wildman–Crippen MR) is 92.3 cm³/mol. The Morgan fingerprint density at radius 3 is 2.56 bits per heavy atom. The van der Waals surface area contributed by atoms with Gasteiger partial charge in [0, 0.05) is 24.3 Å². The van der Waals surface area contributed by atoms with E-state index in [1.54, 1.807) is 10.9 Å². The normalized spacial score (nSPS) is 20.0. The van der Waals surface area contributed by atoms with Gasteiger partial charge in [-0.25, -0.2) is 9.48 Å². The van der Waals surface area contributed by atoms with Crippen LogP contribution in [0.1, 0.15) is 31.2 Å².